The highest BCUT2D eigenvalue weighted by molar-refractivity contribution is 5.81. The second kappa shape index (κ2) is 4.46. The molecule has 2 aromatic rings. The summed E-state index contributed by atoms with van der Waals surface area (Å²) in [5.41, 5.74) is 2.21. The Morgan fingerprint density at radius 1 is 1.35 bits per heavy atom. The minimum Gasteiger partial charge on any atom is -0.391 e. The molecule has 0 radical (unpaired) electrons. The van der Waals surface area contributed by atoms with Gasteiger partial charge in [0.2, 0.25) is 0 Å². The van der Waals surface area contributed by atoms with E-state index < -0.39 is 0 Å². The van der Waals surface area contributed by atoms with Gasteiger partial charge in [0, 0.05) is 29.2 Å². The Labute approximate surface area is 118 Å². The summed E-state index contributed by atoms with van der Waals surface area (Å²) in [7, 11) is 2.14. The lowest BCUT2D eigenvalue weighted by atomic mass is 9.97. The van der Waals surface area contributed by atoms with Crippen molar-refractivity contribution >= 4 is 16.6 Å². The van der Waals surface area contributed by atoms with E-state index in [1.807, 2.05) is 6.20 Å². The zero-order valence-corrected chi connectivity index (χ0v) is 11.6. The zero-order valence-electron chi connectivity index (χ0n) is 11.6. The molecule has 1 aromatic carbocycles. The number of fused-ring (bicyclic) bond motifs is 3. The monoisotopic (exact) mass is 272 g/mol. The second-order valence-electron chi connectivity index (χ2n) is 6.17. The van der Waals surface area contributed by atoms with E-state index in [0.29, 0.717) is 18.1 Å². The van der Waals surface area contributed by atoms with Gasteiger partial charge in [0.25, 0.3) is 0 Å². The van der Waals surface area contributed by atoms with Gasteiger partial charge in [-0.05, 0) is 44.5 Å². The van der Waals surface area contributed by atoms with Crippen molar-refractivity contribution in [3.8, 4) is 0 Å². The molecule has 4 unspecified atom stereocenters. The van der Waals surface area contributed by atoms with Crippen LogP contribution in [0.15, 0.2) is 24.4 Å². The summed E-state index contributed by atoms with van der Waals surface area (Å²) in [5, 5.41) is 21.9. The Balaban J connectivity index is 1.52. The van der Waals surface area contributed by atoms with Crippen LogP contribution >= 0.6 is 0 Å². The number of nitrogens with one attached hydrogen (secondary N) is 2. The average Bonchev–Trinajstić information content (AvgIpc) is 2.93. The molecule has 20 heavy (non-hydrogen) atoms. The van der Waals surface area contributed by atoms with Gasteiger partial charge in [-0.1, -0.05) is 0 Å². The summed E-state index contributed by atoms with van der Waals surface area (Å²) in [4.78, 5) is 2.35. The number of benzene rings is 1. The van der Waals surface area contributed by atoms with Gasteiger partial charge in [-0.3, -0.25) is 10.00 Å². The van der Waals surface area contributed by atoms with E-state index in [0.717, 1.165) is 35.9 Å². The number of aromatic amines is 1. The maximum Gasteiger partial charge on any atom is 0.0711 e. The average molecular weight is 272 g/mol. The fraction of sp³-hybridized carbons (Fsp3) is 0.533. The number of hydrogen-bond donors (Lipinski definition) is 3. The van der Waals surface area contributed by atoms with Gasteiger partial charge in [-0.15, -0.1) is 0 Å². The summed E-state index contributed by atoms with van der Waals surface area (Å²) in [6, 6.07) is 7.56. The SMILES string of the molecule is CN1C2CC(Nc3ccc4[nH]ncc4c3)CC1C(O)C2. The topological polar surface area (TPSA) is 64.2 Å². The van der Waals surface area contributed by atoms with Gasteiger partial charge in [-0.25, -0.2) is 0 Å². The van der Waals surface area contributed by atoms with Gasteiger partial charge < -0.3 is 10.4 Å². The highest BCUT2D eigenvalue weighted by Gasteiger charge is 2.44. The van der Waals surface area contributed by atoms with E-state index in [2.05, 4.69) is 45.7 Å². The summed E-state index contributed by atoms with van der Waals surface area (Å²) in [5.74, 6) is 0. The van der Waals surface area contributed by atoms with Crippen molar-refractivity contribution < 1.29 is 5.11 Å². The molecule has 5 heteroatoms. The van der Waals surface area contributed by atoms with Gasteiger partial charge in [-0.2, -0.15) is 5.10 Å². The summed E-state index contributed by atoms with van der Waals surface area (Å²) < 4.78 is 0. The highest BCUT2D eigenvalue weighted by atomic mass is 16.3. The van der Waals surface area contributed by atoms with Gasteiger partial charge in [0.1, 0.15) is 0 Å². The summed E-state index contributed by atoms with van der Waals surface area (Å²) in [6.45, 7) is 0. The first kappa shape index (κ1) is 12.2. The van der Waals surface area contributed by atoms with Gasteiger partial charge >= 0.3 is 0 Å². The maximum atomic E-state index is 10.1. The van der Waals surface area contributed by atoms with Crippen LogP contribution in [0.5, 0.6) is 0 Å². The molecule has 5 nitrogen and oxygen atoms in total. The van der Waals surface area contributed by atoms with Crippen molar-refractivity contribution in [2.45, 2.75) is 43.5 Å². The highest BCUT2D eigenvalue weighted by Crippen LogP contribution is 2.35. The molecule has 0 aliphatic carbocycles. The lowest BCUT2D eigenvalue weighted by Crippen LogP contribution is -2.46. The van der Waals surface area contributed by atoms with Gasteiger partial charge in [0.05, 0.1) is 17.8 Å². The van der Waals surface area contributed by atoms with E-state index in [9.17, 15) is 5.11 Å². The molecule has 0 amide bonds. The van der Waals surface area contributed by atoms with Crippen LogP contribution in [0, 0.1) is 0 Å². The van der Waals surface area contributed by atoms with E-state index in [1.165, 1.54) is 0 Å². The predicted molar refractivity (Wildman–Crippen MR) is 78.7 cm³/mol. The van der Waals surface area contributed by atoms with Crippen LogP contribution in [0.4, 0.5) is 5.69 Å². The molecule has 0 saturated carbocycles. The Bertz CT molecular complexity index is 625. The Kier molecular flexibility index (Phi) is 2.72. The van der Waals surface area contributed by atoms with Crippen molar-refractivity contribution in [2.24, 2.45) is 0 Å². The molecule has 2 bridgehead atoms. The molecular weight excluding hydrogens is 252 g/mol. The van der Waals surface area contributed by atoms with Crippen molar-refractivity contribution in [1.82, 2.24) is 15.1 Å². The molecule has 2 saturated heterocycles. The number of aromatic nitrogens is 2. The molecule has 2 aliphatic rings. The van der Waals surface area contributed by atoms with Gasteiger partial charge in [0.15, 0.2) is 0 Å². The zero-order chi connectivity index (χ0) is 13.7. The summed E-state index contributed by atoms with van der Waals surface area (Å²) in [6.07, 6.45) is 4.72. The molecule has 3 N–H and O–H groups in total. The number of H-pyrrole nitrogens is 1. The van der Waals surface area contributed by atoms with Crippen LogP contribution in [-0.2, 0) is 0 Å². The largest absolute Gasteiger partial charge is 0.391 e. The molecule has 3 heterocycles. The third-order valence-corrected chi connectivity index (χ3v) is 4.95. The van der Waals surface area contributed by atoms with Crippen LogP contribution in [0.3, 0.4) is 0 Å². The molecular formula is C15H20N4O. The molecule has 2 aliphatic heterocycles. The number of aliphatic hydroxyl groups is 1. The quantitative estimate of drug-likeness (QED) is 0.776. The van der Waals surface area contributed by atoms with E-state index in [1.54, 1.807) is 0 Å². The lowest BCUT2D eigenvalue weighted by Gasteiger charge is -2.37. The number of likely N-dealkylation sites (N-methyl/N-ethyl adjacent to an activating group) is 1. The van der Waals surface area contributed by atoms with Crippen molar-refractivity contribution in [2.75, 3.05) is 12.4 Å². The first-order valence-electron chi connectivity index (χ1n) is 7.30. The van der Waals surface area contributed by atoms with E-state index in [4.69, 9.17) is 0 Å². The number of aliphatic hydroxyl groups excluding tert-OH is 1. The Hall–Kier alpha value is -1.59. The minimum absolute atomic E-state index is 0.159. The van der Waals surface area contributed by atoms with Crippen molar-refractivity contribution in [3.05, 3.63) is 24.4 Å². The number of anilines is 1. The number of rotatable bonds is 2. The number of piperidine rings is 1. The molecule has 4 rings (SSSR count). The number of hydrogen-bond acceptors (Lipinski definition) is 4. The van der Waals surface area contributed by atoms with E-state index >= 15 is 0 Å². The molecule has 0 spiro atoms. The maximum absolute atomic E-state index is 10.1. The standard InChI is InChI=1S/C15H20N4O/c1-19-12-5-11(6-14(19)15(20)7-12)17-10-2-3-13-9(4-10)8-16-18-13/h2-4,8,11-12,14-15,17,20H,5-7H2,1H3,(H,16,18). The first-order chi connectivity index (χ1) is 9.70. The Morgan fingerprint density at radius 2 is 2.25 bits per heavy atom. The van der Waals surface area contributed by atoms with E-state index in [-0.39, 0.29) is 6.10 Å². The molecule has 1 aromatic heterocycles. The fourth-order valence-electron chi connectivity index (χ4n) is 3.83. The number of nitrogens with zero attached hydrogens (tertiary/aromatic N) is 2. The minimum atomic E-state index is -0.159. The molecule has 106 valence electrons. The van der Waals surface area contributed by atoms with Crippen LogP contribution in [0.2, 0.25) is 0 Å². The molecule has 2 fully saturated rings. The first-order valence-corrected chi connectivity index (χ1v) is 7.30. The fourth-order valence-corrected chi connectivity index (χ4v) is 3.83. The smallest absolute Gasteiger partial charge is 0.0711 e. The van der Waals surface area contributed by atoms with Crippen LogP contribution < -0.4 is 5.32 Å². The lowest BCUT2D eigenvalue weighted by molar-refractivity contribution is 0.0984. The van der Waals surface area contributed by atoms with Crippen molar-refractivity contribution in [3.63, 3.8) is 0 Å². The van der Waals surface area contributed by atoms with Crippen LogP contribution in [-0.4, -0.2) is 51.5 Å². The van der Waals surface area contributed by atoms with Crippen LogP contribution in [0.25, 0.3) is 10.9 Å². The Morgan fingerprint density at radius 3 is 3.10 bits per heavy atom. The second-order valence-corrected chi connectivity index (χ2v) is 6.17. The third kappa shape index (κ3) is 1.89. The summed E-state index contributed by atoms with van der Waals surface area (Å²) >= 11 is 0. The van der Waals surface area contributed by atoms with Crippen molar-refractivity contribution in [1.29, 1.82) is 0 Å². The molecule has 4 atom stereocenters. The predicted octanol–water partition coefficient (Wildman–Crippen LogP) is 1.57. The van der Waals surface area contributed by atoms with Crippen LogP contribution in [0.1, 0.15) is 19.3 Å². The normalized spacial score (nSPS) is 33.7. The third-order valence-electron chi connectivity index (χ3n) is 4.95.